The second-order valence-corrected chi connectivity index (χ2v) is 9.91. The van der Waals surface area contributed by atoms with Crippen LogP contribution in [-0.2, 0) is 32.2 Å². The van der Waals surface area contributed by atoms with Crippen LogP contribution >= 0.6 is 0 Å². The van der Waals surface area contributed by atoms with Gasteiger partial charge in [0.15, 0.2) is 9.84 Å². The largest absolute Gasteiger partial charge is 0.374 e. The van der Waals surface area contributed by atoms with Crippen molar-refractivity contribution < 1.29 is 17.9 Å². The summed E-state index contributed by atoms with van der Waals surface area (Å²) in [7, 11) is -3.00. The fourth-order valence-corrected chi connectivity index (χ4v) is 5.96. The lowest BCUT2D eigenvalue weighted by molar-refractivity contribution is -0.123. The van der Waals surface area contributed by atoms with Gasteiger partial charge in [0.1, 0.15) is 0 Å². The molecule has 3 rings (SSSR count). The van der Waals surface area contributed by atoms with E-state index in [9.17, 15) is 13.2 Å². The van der Waals surface area contributed by atoms with Crippen LogP contribution in [-0.4, -0.2) is 44.1 Å². The standard InChI is InChI=1S/C20H29NO4S/c1-2-3-4-16-5-7-17(8-6-16)13-19(22)21-18-9-11-25-20(14-18)10-12-26(23,24)15-20/h5-8,18H,2-4,9-15H2,1H3,(H,21,22)/t18-,20+/m1/s1. The molecule has 2 aliphatic heterocycles. The maximum Gasteiger partial charge on any atom is 0.224 e. The van der Waals surface area contributed by atoms with Crippen molar-refractivity contribution in [1.82, 2.24) is 5.32 Å². The molecule has 1 N–H and O–H groups in total. The van der Waals surface area contributed by atoms with Crippen molar-refractivity contribution in [2.75, 3.05) is 18.1 Å². The Hall–Kier alpha value is -1.40. The number of sulfone groups is 1. The van der Waals surface area contributed by atoms with Crippen molar-refractivity contribution in [2.45, 2.75) is 63.5 Å². The van der Waals surface area contributed by atoms with E-state index < -0.39 is 15.4 Å². The van der Waals surface area contributed by atoms with Crippen molar-refractivity contribution in [3.63, 3.8) is 0 Å². The molecule has 5 nitrogen and oxygen atoms in total. The number of amides is 1. The monoisotopic (exact) mass is 379 g/mol. The number of ether oxygens (including phenoxy) is 1. The molecule has 1 amide bonds. The lowest BCUT2D eigenvalue weighted by Gasteiger charge is -2.37. The fraction of sp³-hybridized carbons (Fsp3) is 0.650. The molecule has 0 saturated carbocycles. The highest BCUT2D eigenvalue weighted by atomic mass is 32.2. The Bertz CT molecular complexity index is 729. The predicted octanol–water partition coefficient (Wildman–Crippen LogP) is 2.42. The molecule has 2 heterocycles. The Labute approximate surface area is 156 Å². The van der Waals surface area contributed by atoms with Gasteiger partial charge in [-0.25, -0.2) is 8.42 Å². The van der Waals surface area contributed by atoms with Crippen molar-refractivity contribution in [3.05, 3.63) is 35.4 Å². The highest BCUT2D eigenvalue weighted by Crippen LogP contribution is 2.35. The van der Waals surface area contributed by atoms with Gasteiger partial charge in [-0.1, -0.05) is 37.6 Å². The minimum Gasteiger partial charge on any atom is -0.374 e. The Morgan fingerprint density at radius 2 is 2.00 bits per heavy atom. The molecule has 0 bridgehead atoms. The molecule has 6 heteroatoms. The first-order valence-corrected chi connectivity index (χ1v) is 11.4. The molecular formula is C20H29NO4S. The second-order valence-electron chi connectivity index (χ2n) is 7.73. The number of hydrogen-bond donors (Lipinski definition) is 1. The summed E-state index contributed by atoms with van der Waals surface area (Å²) in [5.41, 5.74) is 1.73. The zero-order chi connectivity index (χ0) is 18.6. The van der Waals surface area contributed by atoms with Crippen LogP contribution in [0.1, 0.15) is 50.2 Å². The summed E-state index contributed by atoms with van der Waals surface area (Å²) in [6, 6.07) is 8.25. The van der Waals surface area contributed by atoms with Gasteiger partial charge in [-0.3, -0.25) is 4.79 Å². The molecule has 1 spiro atoms. The van der Waals surface area contributed by atoms with E-state index in [1.165, 1.54) is 18.4 Å². The highest BCUT2D eigenvalue weighted by Gasteiger charge is 2.46. The number of hydrogen-bond acceptors (Lipinski definition) is 4. The minimum atomic E-state index is -3.00. The van der Waals surface area contributed by atoms with E-state index in [0.717, 1.165) is 18.4 Å². The molecule has 2 atom stereocenters. The third-order valence-corrected chi connectivity index (χ3v) is 7.21. The number of unbranched alkanes of at least 4 members (excludes halogenated alkanes) is 1. The van der Waals surface area contributed by atoms with Crippen molar-refractivity contribution >= 4 is 15.7 Å². The van der Waals surface area contributed by atoms with Gasteiger partial charge in [0.2, 0.25) is 5.91 Å². The number of rotatable bonds is 6. The van der Waals surface area contributed by atoms with Gasteiger partial charge in [-0.2, -0.15) is 0 Å². The first-order valence-electron chi connectivity index (χ1n) is 9.61. The molecule has 2 aliphatic rings. The van der Waals surface area contributed by atoms with Crippen molar-refractivity contribution in [2.24, 2.45) is 0 Å². The Morgan fingerprint density at radius 1 is 1.27 bits per heavy atom. The first-order chi connectivity index (χ1) is 12.4. The van der Waals surface area contributed by atoms with Gasteiger partial charge in [-0.15, -0.1) is 0 Å². The van der Waals surface area contributed by atoms with E-state index in [-0.39, 0.29) is 23.5 Å². The maximum absolute atomic E-state index is 12.4. The van der Waals surface area contributed by atoms with Gasteiger partial charge < -0.3 is 10.1 Å². The normalized spacial score (nSPS) is 27.5. The summed E-state index contributed by atoms with van der Waals surface area (Å²) in [4.78, 5) is 12.4. The van der Waals surface area contributed by atoms with E-state index in [1.807, 2.05) is 12.1 Å². The molecule has 0 unspecified atom stereocenters. The molecular weight excluding hydrogens is 350 g/mol. The molecule has 0 aromatic heterocycles. The average molecular weight is 380 g/mol. The van der Waals surface area contributed by atoms with Gasteiger partial charge >= 0.3 is 0 Å². The van der Waals surface area contributed by atoms with Gasteiger partial charge in [0.25, 0.3) is 0 Å². The van der Waals surface area contributed by atoms with Crippen LogP contribution < -0.4 is 5.32 Å². The molecule has 144 valence electrons. The van der Waals surface area contributed by atoms with Crippen LogP contribution in [0.25, 0.3) is 0 Å². The topological polar surface area (TPSA) is 72.5 Å². The number of aryl methyl sites for hydroxylation is 1. The van der Waals surface area contributed by atoms with E-state index in [2.05, 4.69) is 24.4 Å². The summed E-state index contributed by atoms with van der Waals surface area (Å²) < 4.78 is 29.4. The molecule has 2 saturated heterocycles. The van der Waals surface area contributed by atoms with Crippen molar-refractivity contribution in [1.29, 1.82) is 0 Å². The second kappa shape index (κ2) is 8.09. The third kappa shape index (κ3) is 5.07. The lowest BCUT2D eigenvalue weighted by atomic mass is 9.90. The first kappa shape index (κ1) is 19.4. The highest BCUT2D eigenvalue weighted by molar-refractivity contribution is 7.91. The van der Waals surface area contributed by atoms with E-state index >= 15 is 0 Å². The molecule has 0 aliphatic carbocycles. The minimum absolute atomic E-state index is 0.00536. The van der Waals surface area contributed by atoms with Gasteiger partial charge in [0.05, 0.1) is 23.5 Å². The van der Waals surface area contributed by atoms with E-state index in [0.29, 0.717) is 25.9 Å². The summed E-state index contributed by atoms with van der Waals surface area (Å²) in [5, 5.41) is 3.08. The van der Waals surface area contributed by atoms with Crippen molar-refractivity contribution in [3.8, 4) is 0 Å². The predicted molar refractivity (Wildman–Crippen MR) is 102 cm³/mol. The zero-order valence-electron chi connectivity index (χ0n) is 15.5. The molecule has 1 aromatic rings. The number of carbonyl (C=O) groups is 1. The zero-order valence-corrected chi connectivity index (χ0v) is 16.3. The Kier molecular flexibility index (Phi) is 6.03. The van der Waals surface area contributed by atoms with Crippen LogP contribution in [0.4, 0.5) is 0 Å². The van der Waals surface area contributed by atoms with Crippen LogP contribution in [0.15, 0.2) is 24.3 Å². The molecule has 0 radical (unpaired) electrons. The van der Waals surface area contributed by atoms with Crippen LogP contribution in [0.5, 0.6) is 0 Å². The summed E-state index contributed by atoms with van der Waals surface area (Å²) in [5.74, 6) is 0.276. The van der Waals surface area contributed by atoms with Gasteiger partial charge in [-0.05, 0) is 43.2 Å². The van der Waals surface area contributed by atoms with E-state index in [1.54, 1.807) is 0 Å². The number of nitrogens with one attached hydrogen (secondary N) is 1. The van der Waals surface area contributed by atoms with Gasteiger partial charge in [0, 0.05) is 12.6 Å². The molecule has 26 heavy (non-hydrogen) atoms. The maximum atomic E-state index is 12.4. The number of carbonyl (C=O) groups excluding carboxylic acids is 1. The smallest absolute Gasteiger partial charge is 0.224 e. The molecule has 1 aromatic carbocycles. The summed E-state index contributed by atoms with van der Waals surface area (Å²) in [6.07, 6.45) is 5.67. The summed E-state index contributed by atoms with van der Waals surface area (Å²) >= 11 is 0. The SMILES string of the molecule is CCCCc1ccc(CC(=O)N[C@@H]2CCO[C@@]3(CCS(=O)(=O)C3)C2)cc1. The fourth-order valence-electron chi connectivity index (χ4n) is 3.98. The van der Waals surface area contributed by atoms with E-state index in [4.69, 9.17) is 4.74 Å². The van der Waals surface area contributed by atoms with Crippen LogP contribution in [0.3, 0.4) is 0 Å². The average Bonchev–Trinajstić information content (AvgIpc) is 2.88. The Balaban J connectivity index is 1.51. The van der Waals surface area contributed by atoms with Crippen LogP contribution in [0, 0.1) is 0 Å². The quantitative estimate of drug-likeness (QED) is 0.824. The third-order valence-electron chi connectivity index (χ3n) is 5.42. The summed E-state index contributed by atoms with van der Waals surface area (Å²) in [6.45, 7) is 2.69. The molecule has 2 fully saturated rings. The van der Waals surface area contributed by atoms with Crippen LogP contribution in [0.2, 0.25) is 0 Å². The number of benzene rings is 1. The lowest BCUT2D eigenvalue weighted by Crippen LogP contribution is -2.49. The Morgan fingerprint density at radius 3 is 2.65 bits per heavy atom.